The number of benzene rings is 1. The highest BCUT2D eigenvalue weighted by Gasteiger charge is 1.95. The fourth-order valence-electron chi connectivity index (χ4n) is 0.656. The summed E-state index contributed by atoms with van der Waals surface area (Å²) in [7, 11) is 0. The Morgan fingerprint density at radius 2 is 1.86 bits per heavy atom. The van der Waals surface area contributed by atoms with Crippen LogP contribution in [0.2, 0.25) is 17.4 Å². The summed E-state index contributed by atoms with van der Waals surface area (Å²) >= 11 is -0.139. The van der Waals surface area contributed by atoms with Gasteiger partial charge in [0.1, 0.15) is 11.7 Å². The highest BCUT2D eigenvalue weighted by atomic mass is 27.2. The molecule has 1 aromatic carbocycles. The van der Waals surface area contributed by atoms with Crippen molar-refractivity contribution >= 4 is 20.0 Å². The van der Waals surface area contributed by atoms with Crippen molar-refractivity contribution in [2.75, 3.05) is 0 Å². The van der Waals surface area contributed by atoms with Crippen LogP contribution in [0.1, 0.15) is 5.56 Å². The first-order chi connectivity index (χ1) is 6.43. The molecule has 14 heavy (non-hydrogen) atoms. The minimum Gasteiger partial charge on any atom is -0.384 e. The summed E-state index contributed by atoms with van der Waals surface area (Å²) in [5, 5.41) is 6.94. The molecule has 0 atom stereocenters. The number of nitrogens with one attached hydrogen (secondary N) is 1. The predicted molar refractivity (Wildman–Crippen MR) is 60.8 cm³/mol. The summed E-state index contributed by atoms with van der Waals surface area (Å²) in [6, 6.07) is 5.65. The number of nitrogen functional groups attached to an aromatic ring is 1. The lowest BCUT2D eigenvalue weighted by Gasteiger charge is -1.95. The Bertz CT molecular complexity index is 297. The topological polar surface area (TPSA) is 49.9 Å². The van der Waals surface area contributed by atoms with Crippen molar-refractivity contribution in [1.82, 2.24) is 0 Å². The van der Waals surface area contributed by atoms with Gasteiger partial charge in [-0.2, -0.15) is 0 Å². The maximum atomic E-state index is 12.4. The first-order valence-electron chi connectivity index (χ1n) is 4.53. The van der Waals surface area contributed by atoms with Crippen molar-refractivity contribution in [3.05, 3.63) is 35.6 Å². The molecule has 0 fully saturated rings. The third-order valence-corrected chi connectivity index (χ3v) is 1.14. The lowest BCUT2D eigenvalue weighted by molar-refractivity contribution is 0.627. The zero-order chi connectivity index (χ0) is 11.1. The van der Waals surface area contributed by atoms with Crippen LogP contribution in [-0.2, 0) is 0 Å². The maximum absolute atomic E-state index is 12.4. The Morgan fingerprint density at radius 3 is 2.14 bits per heavy atom. The van der Waals surface area contributed by atoms with Crippen molar-refractivity contribution in [2.24, 2.45) is 5.73 Å². The Hall–Kier alpha value is -0.848. The van der Waals surface area contributed by atoms with Gasteiger partial charge in [0, 0.05) is 5.56 Å². The Balaban J connectivity index is 0.000000364. The minimum atomic E-state index is -0.368. The van der Waals surface area contributed by atoms with E-state index in [1.165, 1.54) is 18.2 Å². The molecule has 2 nitrogen and oxygen atoms in total. The zero-order valence-electron chi connectivity index (χ0n) is 8.84. The molecule has 3 N–H and O–H groups in total. The lowest BCUT2D eigenvalue weighted by atomic mass is 10.2. The van der Waals surface area contributed by atoms with Crippen LogP contribution in [0.5, 0.6) is 0 Å². The van der Waals surface area contributed by atoms with Crippen LogP contribution in [0, 0.1) is 11.2 Å². The van der Waals surface area contributed by atoms with Crippen molar-refractivity contribution in [2.45, 2.75) is 17.4 Å². The smallest absolute Gasteiger partial charge is 0.251 e. The van der Waals surface area contributed by atoms with E-state index >= 15 is 0 Å². The second-order valence-electron chi connectivity index (χ2n) is 3.66. The van der Waals surface area contributed by atoms with E-state index in [0.29, 0.717) is 5.56 Å². The maximum Gasteiger partial charge on any atom is 0.251 e. The predicted octanol–water partition coefficient (Wildman–Crippen LogP) is 2.48. The van der Waals surface area contributed by atoms with Crippen LogP contribution in [0.3, 0.4) is 0 Å². The monoisotopic (exact) mass is 210 g/mol. The Kier molecular flexibility index (Phi) is 6.18. The average Bonchev–Trinajstić information content (AvgIpc) is 2.03. The molecule has 0 aromatic heterocycles. The van der Waals surface area contributed by atoms with Gasteiger partial charge in [-0.1, -0.05) is 12.1 Å². The molecule has 0 saturated heterocycles. The SMILES string of the molecule is N=C(N)c1cccc(F)c1.[CH3][Al]([CH3])[CH3]. The van der Waals surface area contributed by atoms with Gasteiger partial charge >= 0.3 is 0 Å². The van der Waals surface area contributed by atoms with Gasteiger partial charge in [-0.05, 0) is 12.1 Å². The van der Waals surface area contributed by atoms with Gasteiger partial charge in [0.2, 0.25) is 0 Å². The van der Waals surface area contributed by atoms with Gasteiger partial charge in [-0.15, -0.1) is 17.4 Å². The molecule has 4 heteroatoms. The van der Waals surface area contributed by atoms with Crippen molar-refractivity contribution in [1.29, 1.82) is 5.41 Å². The molecular weight excluding hydrogens is 194 g/mol. The molecule has 0 spiro atoms. The number of hydrogen-bond donors (Lipinski definition) is 2. The van der Waals surface area contributed by atoms with E-state index in [-0.39, 0.29) is 25.8 Å². The Morgan fingerprint density at radius 1 is 1.36 bits per heavy atom. The van der Waals surface area contributed by atoms with E-state index in [4.69, 9.17) is 11.1 Å². The fraction of sp³-hybridized carbons (Fsp3) is 0.300. The van der Waals surface area contributed by atoms with Gasteiger partial charge in [-0.3, -0.25) is 5.41 Å². The Labute approximate surface area is 88.8 Å². The van der Waals surface area contributed by atoms with E-state index in [1.54, 1.807) is 6.07 Å². The van der Waals surface area contributed by atoms with Crippen LogP contribution in [0.25, 0.3) is 0 Å². The summed E-state index contributed by atoms with van der Waals surface area (Å²) in [4.78, 5) is 0. The van der Waals surface area contributed by atoms with E-state index in [2.05, 4.69) is 17.4 Å². The molecule has 1 aromatic rings. The molecule has 0 unspecified atom stereocenters. The molecule has 1 rings (SSSR count). The third-order valence-electron chi connectivity index (χ3n) is 1.14. The largest absolute Gasteiger partial charge is 0.384 e. The van der Waals surface area contributed by atoms with Gasteiger partial charge < -0.3 is 5.73 Å². The van der Waals surface area contributed by atoms with E-state index < -0.39 is 0 Å². The van der Waals surface area contributed by atoms with Gasteiger partial charge in [-0.25, -0.2) is 4.39 Å². The number of amidine groups is 1. The average molecular weight is 210 g/mol. The number of halogens is 1. The van der Waals surface area contributed by atoms with E-state index in [0.717, 1.165) is 0 Å². The third kappa shape index (κ3) is 6.65. The molecule has 76 valence electrons. The molecule has 0 bridgehead atoms. The zero-order valence-corrected chi connectivity index (χ0v) is 10.00. The molecule has 0 heterocycles. The summed E-state index contributed by atoms with van der Waals surface area (Å²) < 4.78 is 12.4. The van der Waals surface area contributed by atoms with Gasteiger partial charge in [0.15, 0.2) is 0 Å². The lowest BCUT2D eigenvalue weighted by Crippen LogP contribution is -2.10. The highest BCUT2D eigenvalue weighted by molar-refractivity contribution is 6.54. The molecule has 0 amide bonds. The van der Waals surface area contributed by atoms with Crippen LogP contribution in [0.15, 0.2) is 24.3 Å². The summed E-state index contributed by atoms with van der Waals surface area (Å²) in [6.45, 7) is 0. The second-order valence-corrected chi connectivity index (χ2v) is 7.12. The van der Waals surface area contributed by atoms with Crippen molar-refractivity contribution in [3.8, 4) is 0 Å². The number of rotatable bonds is 1. The molecule has 0 aliphatic rings. The number of nitrogens with two attached hydrogens (primary N) is 1. The standard InChI is InChI=1S/C7H7FN2.3CH3.Al/c8-6-3-1-2-5(4-6)7(9)10;;;;/h1-4H,(H3,9,10);3*1H3;. The van der Waals surface area contributed by atoms with Crippen LogP contribution >= 0.6 is 0 Å². The van der Waals surface area contributed by atoms with Gasteiger partial charge in [0.25, 0.3) is 14.1 Å². The highest BCUT2D eigenvalue weighted by Crippen LogP contribution is 2.01. The van der Waals surface area contributed by atoms with Crippen molar-refractivity contribution < 1.29 is 4.39 Å². The first kappa shape index (κ1) is 13.2. The number of hydrogen-bond acceptors (Lipinski definition) is 1. The normalized spacial score (nSPS) is 8.57. The second kappa shape index (κ2) is 6.58. The first-order valence-corrected chi connectivity index (χ1v) is 8.00. The molecule has 0 aliphatic carbocycles. The van der Waals surface area contributed by atoms with E-state index in [9.17, 15) is 4.39 Å². The van der Waals surface area contributed by atoms with Crippen LogP contribution in [0.4, 0.5) is 4.39 Å². The van der Waals surface area contributed by atoms with Gasteiger partial charge in [0.05, 0.1) is 0 Å². The molecular formula is C10H16AlFN2. The molecule has 0 saturated carbocycles. The van der Waals surface area contributed by atoms with E-state index in [1.807, 2.05) is 0 Å². The summed E-state index contributed by atoms with van der Waals surface area (Å²) in [5.41, 5.74) is 5.52. The van der Waals surface area contributed by atoms with Crippen LogP contribution < -0.4 is 5.73 Å². The molecule has 0 radical (unpaired) electrons. The minimum absolute atomic E-state index is 0.112. The van der Waals surface area contributed by atoms with Crippen molar-refractivity contribution in [3.63, 3.8) is 0 Å². The summed E-state index contributed by atoms with van der Waals surface area (Å²) in [6.07, 6.45) is 0. The summed E-state index contributed by atoms with van der Waals surface area (Å²) in [5.74, 6) is 6.44. The van der Waals surface area contributed by atoms with Crippen LogP contribution in [-0.4, -0.2) is 20.0 Å². The molecule has 0 aliphatic heterocycles. The fourth-order valence-corrected chi connectivity index (χ4v) is 0.656. The quantitative estimate of drug-likeness (QED) is 0.417.